The molecule has 1 aliphatic rings. The van der Waals surface area contributed by atoms with Crippen LogP contribution in [0.2, 0.25) is 0 Å². The number of ether oxygens (including phenoxy) is 1. The van der Waals surface area contributed by atoms with Crippen LogP contribution in [0.15, 0.2) is 30.3 Å². The van der Waals surface area contributed by atoms with E-state index in [-0.39, 0.29) is 0 Å². The van der Waals surface area contributed by atoms with Crippen molar-refractivity contribution in [3.05, 3.63) is 35.9 Å². The van der Waals surface area contributed by atoms with Crippen molar-refractivity contribution in [3.8, 4) is 0 Å². The third kappa shape index (κ3) is 1.51. The van der Waals surface area contributed by atoms with E-state index in [9.17, 15) is 0 Å². The van der Waals surface area contributed by atoms with Crippen molar-refractivity contribution >= 4 is 0 Å². The van der Waals surface area contributed by atoms with E-state index in [0.29, 0.717) is 12.2 Å². The first-order valence-corrected chi connectivity index (χ1v) is 4.62. The van der Waals surface area contributed by atoms with Crippen LogP contribution in [0.1, 0.15) is 31.4 Å². The van der Waals surface area contributed by atoms with Gasteiger partial charge in [0.25, 0.3) is 0 Å². The number of hydrogen-bond donors (Lipinski definition) is 0. The van der Waals surface area contributed by atoms with Gasteiger partial charge in [-0.3, -0.25) is 0 Å². The minimum absolute atomic E-state index is 0.395. The van der Waals surface area contributed by atoms with Gasteiger partial charge >= 0.3 is 0 Å². The molecule has 0 radical (unpaired) electrons. The lowest BCUT2D eigenvalue weighted by Gasteiger charge is -1.93. The zero-order valence-electron chi connectivity index (χ0n) is 7.36. The van der Waals surface area contributed by atoms with Crippen LogP contribution in [-0.4, -0.2) is 6.10 Å². The Hall–Kier alpha value is -0.820. The molecule has 1 heteroatoms. The Morgan fingerprint density at radius 1 is 1.25 bits per heavy atom. The topological polar surface area (TPSA) is 12.5 Å². The summed E-state index contributed by atoms with van der Waals surface area (Å²) in [4.78, 5) is 0. The molecule has 0 aromatic heterocycles. The summed E-state index contributed by atoms with van der Waals surface area (Å²) in [6, 6.07) is 10.5. The third-order valence-electron chi connectivity index (χ3n) is 2.28. The second kappa shape index (κ2) is 3.28. The van der Waals surface area contributed by atoms with Crippen molar-refractivity contribution in [2.45, 2.75) is 32.0 Å². The number of epoxide rings is 1. The molecule has 1 aliphatic heterocycles. The first kappa shape index (κ1) is 7.81. The molecule has 0 unspecified atom stereocenters. The SMILES string of the molecule is CCC[C@H]1O[C@H]1c1ccccc1. The molecule has 0 bridgehead atoms. The maximum Gasteiger partial charge on any atom is 0.109 e. The fourth-order valence-corrected chi connectivity index (χ4v) is 1.58. The fraction of sp³-hybridized carbons (Fsp3) is 0.455. The molecule has 1 heterocycles. The predicted molar refractivity (Wildman–Crippen MR) is 49.0 cm³/mol. The highest BCUT2D eigenvalue weighted by atomic mass is 16.6. The number of rotatable bonds is 3. The van der Waals surface area contributed by atoms with Crippen molar-refractivity contribution in [2.24, 2.45) is 0 Å². The lowest BCUT2D eigenvalue weighted by molar-refractivity contribution is 0.365. The Labute approximate surface area is 73.4 Å². The van der Waals surface area contributed by atoms with E-state index in [4.69, 9.17) is 4.74 Å². The zero-order valence-corrected chi connectivity index (χ0v) is 7.36. The Balaban J connectivity index is 1.97. The van der Waals surface area contributed by atoms with Gasteiger partial charge in [0, 0.05) is 0 Å². The van der Waals surface area contributed by atoms with Crippen molar-refractivity contribution in [1.29, 1.82) is 0 Å². The van der Waals surface area contributed by atoms with Gasteiger partial charge < -0.3 is 4.74 Å². The normalized spacial score (nSPS) is 27.1. The summed E-state index contributed by atoms with van der Waals surface area (Å²) >= 11 is 0. The molecular weight excluding hydrogens is 148 g/mol. The summed E-state index contributed by atoms with van der Waals surface area (Å²) in [6.07, 6.45) is 3.30. The molecule has 1 aromatic rings. The number of benzene rings is 1. The third-order valence-corrected chi connectivity index (χ3v) is 2.28. The van der Waals surface area contributed by atoms with Gasteiger partial charge in [-0.15, -0.1) is 0 Å². The zero-order chi connectivity index (χ0) is 8.39. The minimum Gasteiger partial charge on any atom is -0.365 e. The summed E-state index contributed by atoms with van der Waals surface area (Å²) in [6.45, 7) is 2.20. The van der Waals surface area contributed by atoms with E-state index in [2.05, 4.69) is 31.2 Å². The predicted octanol–water partition coefficient (Wildman–Crippen LogP) is 2.93. The highest BCUT2D eigenvalue weighted by Crippen LogP contribution is 2.40. The van der Waals surface area contributed by atoms with Gasteiger partial charge in [-0.05, 0) is 12.0 Å². The van der Waals surface area contributed by atoms with Crippen LogP contribution < -0.4 is 0 Å². The van der Waals surface area contributed by atoms with Crippen LogP contribution in [0.3, 0.4) is 0 Å². The van der Waals surface area contributed by atoms with Crippen LogP contribution in [0, 0.1) is 0 Å². The molecule has 0 aliphatic carbocycles. The standard InChI is InChI=1S/C11H14O/c1-2-6-10-11(12-10)9-7-4-3-5-8-9/h3-5,7-8,10-11H,2,6H2,1H3/t10-,11+/m1/s1. The van der Waals surface area contributed by atoms with Gasteiger partial charge in [0.1, 0.15) is 6.10 Å². The molecule has 2 atom stereocenters. The van der Waals surface area contributed by atoms with E-state index in [1.165, 1.54) is 18.4 Å². The van der Waals surface area contributed by atoms with E-state index >= 15 is 0 Å². The monoisotopic (exact) mass is 162 g/mol. The molecule has 0 saturated carbocycles. The maximum atomic E-state index is 5.54. The van der Waals surface area contributed by atoms with Crippen LogP contribution in [-0.2, 0) is 4.74 Å². The van der Waals surface area contributed by atoms with Gasteiger partial charge in [0.15, 0.2) is 0 Å². The highest BCUT2D eigenvalue weighted by Gasteiger charge is 2.38. The first-order valence-electron chi connectivity index (χ1n) is 4.62. The van der Waals surface area contributed by atoms with E-state index in [0.717, 1.165) is 0 Å². The summed E-state index contributed by atoms with van der Waals surface area (Å²) < 4.78 is 5.54. The smallest absolute Gasteiger partial charge is 0.109 e. The number of hydrogen-bond acceptors (Lipinski definition) is 1. The van der Waals surface area contributed by atoms with Gasteiger partial charge in [-0.2, -0.15) is 0 Å². The van der Waals surface area contributed by atoms with Crippen LogP contribution >= 0.6 is 0 Å². The summed E-state index contributed by atoms with van der Waals surface area (Å²) in [5, 5.41) is 0. The van der Waals surface area contributed by atoms with Gasteiger partial charge in [-0.1, -0.05) is 43.7 Å². The Bertz CT molecular complexity index is 242. The Morgan fingerprint density at radius 2 is 2.00 bits per heavy atom. The molecule has 0 spiro atoms. The molecule has 64 valence electrons. The Kier molecular flexibility index (Phi) is 2.13. The molecular formula is C11H14O. The van der Waals surface area contributed by atoms with Gasteiger partial charge in [0.2, 0.25) is 0 Å². The molecule has 1 aromatic carbocycles. The van der Waals surface area contributed by atoms with E-state index in [1.54, 1.807) is 0 Å². The molecule has 1 saturated heterocycles. The molecule has 12 heavy (non-hydrogen) atoms. The van der Waals surface area contributed by atoms with Crippen LogP contribution in [0.5, 0.6) is 0 Å². The van der Waals surface area contributed by atoms with Gasteiger partial charge in [0.05, 0.1) is 6.10 Å². The summed E-state index contributed by atoms with van der Waals surface area (Å²) in [5.41, 5.74) is 1.33. The van der Waals surface area contributed by atoms with Crippen LogP contribution in [0.25, 0.3) is 0 Å². The summed E-state index contributed by atoms with van der Waals surface area (Å²) in [5.74, 6) is 0. The second-order valence-corrected chi connectivity index (χ2v) is 3.29. The quantitative estimate of drug-likeness (QED) is 0.622. The van der Waals surface area contributed by atoms with Crippen molar-refractivity contribution < 1.29 is 4.74 Å². The molecule has 1 nitrogen and oxygen atoms in total. The average Bonchev–Trinajstić information content (AvgIpc) is 2.87. The molecule has 1 fully saturated rings. The van der Waals surface area contributed by atoms with Crippen molar-refractivity contribution in [3.63, 3.8) is 0 Å². The first-order chi connectivity index (χ1) is 5.92. The van der Waals surface area contributed by atoms with Crippen molar-refractivity contribution in [1.82, 2.24) is 0 Å². The second-order valence-electron chi connectivity index (χ2n) is 3.29. The lowest BCUT2D eigenvalue weighted by Crippen LogP contribution is -1.86. The fourth-order valence-electron chi connectivity index (χ4n) is 1.58. The largest absolute Gasteiger partial charge is 0.365 e. The average molecular weight is 162 g/mol. The van der Waals surface area contributed by atoms with E-state index < -0.39 is 0 Å². The maximum absolute atomic E-state index is 5.54. The van der Waals surface area contributed by atoms with E-state index in [1.807, 2.05) is 6.07 Å². The molecule has 0 amide bonds. The summed E-state index contributed by atoms with van der Waals surface area (Å²) in [7, 11) is 0. The highest BCUT2D eigenvalue weighted by molar-refractivity contribution is 5.22. The lowest BCUT2D eigenvalue weighted by atomic mass is 10.1. The van der Waals surface area contributed by atoms with Crippen LogP contribution in [0.4, 0.5) is 0 Å². The molecule has 0 N–H and O–H groups in total. The van der Waals surface area contributed by atoms with Crippen molar-refractivity contribution in [2.75, 3.05) is 0 Å². The van der Waals surface area contributed by atoms with Gasteiger partial charge in [-0.25, -0.2) is 0 Å². The minimum atomic E-state index is 0.395. The Morgan fingerprint density at radius 3 is 2.67 bits per heavy atom. The molecule has 2 rings (SSSR count).